The second kappa shape index (κ2) is 7.61. The van der Waals surface area contributed by atoms with E-state index in [9.17, 15) is 0 Å². The van der Waals surface area contributed by atoms with Crippen LogP contribution in [0.1, 0.15) is 46.0 Å². The van der Waals surface area contributed by atoms with Crippen molar-refractivity contribution in [2.75, 3.05) is 33.4 Å². The van der Waals surface area contributed by atoms with E-state index in [4.69, 9.17) is 4.74 Å². The third-order valence-corrected chi connectivity index (χ3v) is 5.10. The summed E-state index contributed by atoms with van der Waals surface area (Å²) in [5.74, 6) is 1.88. The van der Waals surface area contributed by atoms with Crippen LogP contribution in [0.2, 0.25) is 0 Å². The van der Waals surface area contributed by atoms with Crippen LogP contribution in [0.3, 0.4) is 0 Å². The van der Waals surface area contributed by atoms with Crippen LogP contribution in [-0.2, 0) is 4.74 Å². The highest BCUT2D eigenvalue weighted by atomic mass is 16.5. The number of ether oxygens (including phenoxy) is 1. The molecule has 0 aromatic carbocycles. The van der Waals surface area contributed by atoms with E-state index in [1.807, 2.05) is 7.11 Å². The largest absolute Gasteiger partial charge is 0.383 e. The molecule has 0 amide bonds. The quantitative estimate of drug-likeness (QED) is 0.732. The summed E-state index contributed by atoms with van der Waals surface area (Å²) in [5.41, 5.74) is 0. The molecule has 1 N–H and O–H groups in total. The fourth-order valence-corrected chi connectivity index (χ4v) is 3.43. The average Bonchev–Trinajstić information content (AvgIpc) is 3.27. The normalized spacial score (nSPS) is 29.7. The number of nitrogens with zero attached hydrogens (tertiary/aromatic N) is 1. The van der Waals surface area contributed by atoms with Crippen LogP contribution in [0.15, 0.2) is 0 Å². The lowest BCUT2D eigenvalue weighted by Crippen LogP contribution is -2.49. The number of rotatable bonds is 8. The summed E-state index contributed by atoms with van der Waals surface area (Å²) in [6.45, 7) is 9.11. The zero-order chi connectivity index (χ0) is 13.7. The maximum absolute atomic E-state index is 5.29. The standard InChI is InChI=1S/C16H32N2O/c1-4-14-7-8-17-16(11-14)12-18(9-10-19-3)13(2)15-5-6-15/h13-17H,4-12H2,1-3H3. The minimum atomic E-state index is 0.691. The first kappa shape index (κ1) is 15.3. The summed E-state index contributed by atoms with van der Waals surface area (Å²) < 4.78 is 5.29. The molecule has 3 heteroatoms. The highest BCUT2D eigenvalue weighted by molar-refractivity contribution is 4.88. The molecule has 1 saturated heterocycles. The average molecular weight is 268 g/mol. The molecule has 0 radical (unpaired) electrons. The fourth-order valence-electron chi connectivity index (χ4n) is 3.43. The van der Waals surface area contributed by atoms with Gasteiger partial charge < -0.3 is 10.1 Å². The van der Waals surface area contributed by atoms with Gasteiger partial charge in [-0.1, -0.05) is 13.3 Å². The van der Waals surface area contributed by atoms with E-state index < -0.39 is 0 Å². The molecule has 0 spiro atoms. The fraction of sp³-hybridized carbons (Fsp3) is 1.00. The van der Waals surface area contributed by atoms with Crippen LogP contribution >= 0.6 is 0 Å². The molecule has 2 rings (SSSR count). The van der Waals surface area contributed by atoms with Gasteiger partial charge in [0.25, 0.3) is 0 Å². The van der Waals surface area contributed by atoms with Crippen LogP contribution in [0.5, 0.6) is 0 Å². The van der Waals surface area contributed by atoms with Crippen molar-refractivity contribution < 1.29 is 4.74 Å². The lowest BCUT2D eigenvalue weighted by Gasteiger charge is -2.36. The first-order valence-electron chi connectivity index (χ1n) is 8.21. The molecule has 112 valence electrons. The summed E-state index contributed by atoms with van der Waals surface area (Å²) >= 11 is 0. The third kappa shape index (κ3) is 4.73. The van der Waals surface area contributed by atoms with E-state index in [1.165, 1.54) is 45.2 Å². The Morgan fingerprint density at radius 2 is 2.11 bits per heavy atom. The molecule has 1 aliphatic heterocycles. The van der Waals surface area contributed by atoms with Crippen molar-refractivity contribution in [3.05, 3.63) is 0 Å². The summed E-state index contributed by atoms with van der Waals surface area (Å²) in [5, 5.41) is 3.72. The second-order valence-electron chi connectivity index (χ2n) is 6.52. The SMILES string of the molecule is CCC1CCNC(CN(CCOC)C(C)C2CC2)C1. The molecule has 2 aliphatic rings. The number of piperidine rings is 1. The Bertz CT molecular complexity index is 255. The smallest absolute Gasteiger partial charge is 0.0589 e. The zero-order valence-corrected chi connectivity index (χ0v) is 13.0. The summed E-state index contributed by atoms with van der Waals surface area (Å²) in [6.07, 6.45) is 6.93. The molecule has 1 heterocycles. The molecule has 1 aliphatic carbocycles. The van der Waals surface area contributed by atoms with E-state index >= 15 is 0 Å². The van der Waals surface area contributed by atoms with Crippen LogP contribution in [0, 0.1) is 11.8 Å². The summed E-state index contributed by atoms with van der Waals surface area (Å²) in [4.78, 5) is 2.66. The van der Waals surface area contributed by atoms with Crippen molar-refractivity contribution in [3.63, 3.8) is 0 Å². The van der Waals surface area contributed by atoms with Gasteiger partial charge in [-0.05, 0) is 51.0 Å². The highest BCUT2D eigenvalue weighted by Gasteiger charge is 2.33. The Hall–Kier alpha value is -0.120. The maximum atomic E-state index is 5.29. The second-order valence-corrected chi connectivity index (χ2v) is 6.52. The topological polar surface area (TPSA) is 24.5 Å². The van der Waals surface area contributed by atoms with Gasteiger partial charge >= 0.3 is 0 Å². The van der Waals surface area contributed by atoms with Crippen molar-refractivity contribution in [2.45, 2.75) is 58.0 Å². The Balaban J connectivity index is 1.83. The Labute approximate surface area is 119 Å². The number of hydrogen-bond donors (Lipinski definition) is 1. The Morgan fingerprint density at radius 1 is 1.32 bits per heavy atom. The minimum Gasteiger partial charge on any atom is -0.383 e. The van der Waals surface area contributed by atoms with Crippen LogP contribution in [-0.4, -0.2) is 50.3 Å². The first-order chi connectivity index (χ1) is 9.24. The molecule has 0 bridgehead atoms. The van der Waals surface area contributed by atoms with Gasteiger partial charge in [-0.3, -0.25) is 4.90 Å². The van der Waals surface area contributed by atoms with Gasteiger partial charge in [-0.25, -0.2) is 0 Å². The van der Waals surface area contributed by atoms with Gasteiger partial charge in [0.1, 0.15) is 0 Å². The van der Waals surface area contributed by atoms with Gasteiger partial charge in [0, 0.05) is 32.3 Å². The molecule has 19 heavy (non-hydrogen) atoms. The van der Waals surface area contributed by atoms with Gasteiger partial charge in [0.05, 0.1) is 6.61 Å². The lowest BCUT2D eigenvalue weighted by atomic mass is 9.90. The molecule has 3 atom stereocenters. The summed E-state index contributed by atoms with van der Waals surface area (Å²) in [7, 11) is 1.81. The molecule has 1 saturated carbocycles. The predicted octanol–water partition coefficient (Wildman–Crippen LogP) is 2.51. The van der Waals surface area contributed by atoms with Gasteiger partial charge in [-0.15, -0.1) is 0 Å². The van der Waals surface area contributed by atoms with E-state index in [1.54, 1.807) is 0 Å². The van der Waals surface area contributed by atoms with Crippen molar-refractivity contribution >= 4 is 0 Å². The first-order valence-corrected chi connectivity index (χ1v) is 8.21. The lowest BCUT2D eigenvalue weighted by molar-refractivity contribution is 0.0998. The monoisotopic (exact) mass is 268 g/mol. The van der Waals surface area contributed by atoms with Gasteiger partial charge in [0.2, 0.25) is 0 Å². The minimum absolute atomic E-state index is 0.691. The molecular weight excluding hydrogens is 236 g/mol. The Morgan fingerprint density at radius 3 is 2.74 bits per heavy atom. The molecular formula is C16H32N2O. The Kier molecular flexibility index (Phi) is 6.11. The van der Waals surface area contributed by atoms with Gasteiger partial charge in [0.15, 0.2) is 0 Å². The molecule has 2 fully saturated rings. The predicted molar refractivity (Wildman–Crippen MR) is 80.4 cm³/mol. The van der Waals surface area contributed by atoms with E-state index in [0.29, 0.717) is 6.04 Å². The van der Waals surface area contributed by atoms with Crippen molar-refractivity contribution in [1.29, 1.82) is 0 Å². The van der Waals surface area contributed by atoms with Crippen LogP contribution in [0.25, 0.3) is 0 Å². The number of methoxy groups -OCH3 is 1. The van der Waals surface area contributed by atoms with Crippen molar-refractivity contribution in [3.8, 4) is 0 Å². The van der Waals surface area contributed by atoms with Crippen LogP contribution in [0.4, 0.5) is 0 Å². The van der Waals surface area contributed by atoms with E-state index in [2.05, 4.69) is 24.1 Å². The van der Waals surface area contributed by atoms with Crippen molar-refractivity contribution in [1.82, 2.24) is 10.2 Å². The zero-order valence-electron chi connectivity index (χ0n) is 13.0. The van der Waals surface area contributed by atoms with Crippen LogP contribution < -0.4 is 5.32 Å². The number of nitrogens with one attached hydrogen (secondary N) is 1. The number of hydrogen-bond acceptors (Lipinski definition) is 3. The van der Waals surface area contributed by atoms with E-state index in [-0.39, 0.29) is 0 Å². The molecule has 3 nitrogen and oxygen atoms in total. The molecule has 0 aromatic heterocycles. The third-order valence-electron chi connectivity index (χ3n) is 5.10. The van der Waals surface area contributed by atoms with E-state index in [0.717, 1.165) is 31.0 Å². The molecule has 3 unspecified atom stereocenters. The maximum Gasteiger partial charge on any atom is 0.0589 e. The summed E-state index contributed by atoms with van der Waals surface area (Å²) in [6, 6.07) is 1.43. The van der Waals surface area contributed by atoms with Crippen molar-refractivity contribution in [2.24, 2.45) is 11.8 Å². The highest BCUT2D eigenvalue weighted by Crippen LogP contribution is 2.35. The van der Waals surface area contributed by atoms with Gasteiger partial charge in [-0.2, -0.15) is 0 Å². The molecule has 0 aromatic rings.